The van der Waals surface area contributed by atoms with Crippen LogP contribution in [0.25, 0.3) is 0 Å². The number of halogens is 4. The van der Waals surface area contributed by atoms with E-state index in [2.05, 4.69) is 47.8 Å². The molecule has 1 rings (SSSR count). The summed E-state index contributed by atoms with van der Waals surface area (Å²) in [5.41, 5.74) is 0.670. The maximum atomic E-state index is 12.7. The molecule has 16 heavy (non-hydrogen) atoms. The lowest BCUT2D eigenvalue weighted by molar-refractivity contribution is -0.483. The number of rotatable bonds is 3. The van der Waals surface area contributed by atoms with E-state index in [0.29, 0.717) is 5.56 Å². The number of hydrogen-bond donors (Lipinski definition) is 0. The molecule has 1 unspecified atom stereocenters. The van der Waals surface area contributed by atoms with Crippen LogP contribution in [0.1, 0.15) is 11.5 Å². The maximum Gasteiger partial charge on any atom is 0.213 e. The summed E-state index contributed by atoms with van der Waals surface area (Å²) in [6.07, 6.45) is 0. The molecule has 0 spiro atoms. The Morgan fingerprint density at radius 2 is 1.81 bits per heavy atom. The van der Waals surface area contributed by atoms with Crippen molar-refractivity contribution in [2.24, 2.45) is 0 Å². The SMILES string of the molecule is O=[N+]([O-])CC(c1ccc(F)cc1)C(Br)(Br)Br. The number of alkyl halides is 3. The summed E-state index contributed by atoms with van der Waals surface area (Å²) in [5.74, 6) is -0.823. The Hall–Kier alpha value is -0.0100. The van der Waals surface area contributed by atoms with Crippen LogP contribution >= 0.6 is 47.8 Å². The molecular formula is C9H7Br3FNO2. The molecule has 0 aliphatic heterocycles. The zero-order valence-electron chi connectivity index (χ0n) is 7.87. The topological polar surface area (TPSA) is 43.1 Å². The van der Waals surface area contributed by atoms with Gasteiger partial charge in [0.05, 0.1) is 5.92 Å². The molecule has 0 bridgehead atoms. The third-order valence-electron chi connectivity index (χ3n) is 2.00. The summed E-state index contributed by atoms with van der Waals surface area (Å²) in [6.45, 7) is -0.270. The van der Waals surface area contributed by atoms with E-state index in [1.165, 1.54) is 24.3 Å². The molecule has 1 atom stereocenters. The van der Waals surface area contributed by atoms with Gasteiger partial charge < -0.3 is 0 Å². The zero-order valence-corrected chi connectivity index (χ0v) is 12.6. The Morgan fingerprint density at radius 3 is 2.19 bits per heavy atom. The minimum atomic E-state index is -0.780. The first-order valence-corrected chi connectivity index (χ1v) is 6.62. The van der Waals surface area contributed by atoms with Gasteiger partial charge in [-0.2, -0.15) is 0 Å². The highest BCUT2D eigenvalue weighted by molar-refractivity contribution is 9.39. The van der Waals surface area contributed by atoms with Crippen molar-refractivity contribution in [3.05, 3.63) is 45.8 Å². The smallest absolute Gasteiger partial charge is 0.213 e. The van der Waals surface area contributed by atoms with Gasteiger partial charge in [-0.3, -0.25) is 10.1 Å². The van der Waals surface area contributed by atoms with Gasteiger partial charge in [0.15, 0.2) is 0 Å². The lowest BCUT2D eigenvalue weighted by Gasteiger charge is -2.22. The van der Waals surface area contributed by atoms with Crippen LogP contribution in [0.3, 0.4) is 0 Å². The highest BCUT2D eigenvalue weighted by atomic mass is 80.0. The van der Waals surface area contributed by atoms with Crippen molar-refractivity contribution in [1.82, 2.24) is 0 Å². The second-order valence-corrected chi connectivity index (χ2v) is 10.1. The van der Waals surface area contributed by atoms with Gasteiger partial charge in [-0.1, -0.05) is 59.9 Å². The van der Waals surface area contributed by atoms with Gasteiger partial charge in [-0.05, 0) is 17.7 Å². The number of benzene rings is 1. The largest absolute Gasteiger partial charge is 0.265 e. The molecular weight excluding hydrogens is 413 g/mol. The Balaban J connectivity index is 3.01. The van der Waals surface area contributed by atoms with Crippen molar-refractivity contribution < 1.29 is 9.31 Å². The molecule has 0 radical (unpaired) electrons. The quantitative estimate of drug-likeness (QED) is 0.422. The van der Waals surface area contributed by atoms with E-state index < -0.39 is 13.0 Å². The summed E-state index contributed by atoms with van der Waals surface area (Å²) < 4.78 is 12.0. The first-order chi connectivity index (χ1) is 7.30. The second kappa shape index (κ2) is 5.55. The van der Waals surface area contributed by atoms with Gasteiger partial charge in [-0.15, -0.1) is 0 Å². The lowest BCUT2D eigenvalue weighted by atomic mass is 10.0. The van der Waals surface area contributed by atoms with Crippen LogP contribution < -0.4 is 0 Å². The molecule has 0 aliphatic carbocycles. The van der Waals surface area contributed by atoms with Crippen LogP contribution in [0.5, 0.6) is 0 Å². The van der Waals surface area contributed by atoms with E-state index in [4.69, 9.17) is 0 Å². The van der Waals surface area contributed by atoms with E-state index in [1.807, 2.05) is 0 Å². The van der Waals surface area contributed by atoms with Crippen LogP contribution in [-0.2, 0) is 0 Å². The van der Waals surface area contributed by atoms with Gasteiger partial charge in [-0.25, -0.2) is 4.39 Å². The molecule has 0 aromatic heterocycles. The Bertz CT molecular complexity index is 377. The fourth-order valence-electron chi connectivity index (χ4n) is 1.24. The molecule has 0 heterocycles. The van der Waals surface area contributed by atoms with Crippen molar-refractivity contribution in [3.8, 4) is 0 Å². The standard InChI is InChI=1S/C9H7Br3FNO2/c10-9(11,12)8(5-14(15)16)6-1-3-7(13)4-2-6/h1-4,8H,5H2. The monoisotopic (exact) mass is 417 g/mol. The molecule has 88 valence electrons. The van der Waals surface area contributed by atoms with E-state index in [1.54, 1.807) is 0 Å². The van der Waals surface area contributed by atoms with Gasteiger partial charge >= 0.3 is 0 Å². The van der Waals surface area contributed by atoms with Crippen molar-refractivity contribution >= 4 is 47.8 Å². The van der Waals surface area contributed by atoms with Crippen LogP contribution in [0.2, 0.25) is 0 Å². The Morgan fingerprint density at radius 1 is 1.31 bits per heavy atom. The highest BCUT2D eigenvalue weighted by Crippen LogP contribution is 2.46. The first-order valence-electron chi connectivity index (χ1n) is 4.24. The van der Waals surface area contributed by atoms with Crippen LogP contribution in [0.4, 0.5) is 4.39 Å². The number of nitrogens with zero attached hydrogens (tertiary/aromatic N) is 1. The van der Waals surface area contributed by atoms with Gasteiger partial charge in [0, 0.05) is 4.92 Å². The van der Waals surface area contributed by atoms with Crippen molar-refractivity contribution in [2.45, 2.75) is 8.06 Å². The normalized spacial score (nSPS) is 13.5. The Kier molecular flexibility index (Phi) is 4.88. The molecule has 7 heteroatoms. The van der Waals surface area contributed by atoms with Crippen molar-refractivity contribution in [1.29, 1.82) is 0 Å². The molecule has 1 aromatic rings. The third kappa shape index (κ3) is 4.10. The highest BCUT2D eigenvalue weighted by Gasteiger charge is 2.36. The second-order valence-electron chi connectivity index (χ2n) is 3.16. The van der Waals surface area contributed by atoms with E-state index in [9.17, 15) is 14.5 Å². The molecule has 3 nitrogen and oxygen atoms in total. The van der Waals surface area contributed by atoms with Crippen LogP contribution in [0.15, 0.2) is 24.3 Å². The van der Waals surface area contributed by atoms with Gasteiger partial charge in [0.2, 0.25) is 6.54 Å². The molecule has 0 saturated carbocycles. The molecule has 1 aromatic carbocycles. The summed E-state index contributed by atoms with van der Waals surface area (Å²) in [5, 5.41) is 10.6. The molecule has 0 fully saturated rings. The summed E-state index contributed by atoms with van der Waals surface area (Å²) in [7, 11) is 0. The average Bonchev–Trinajstić information content (AvgIpc) is 2.14. The minimum absolute atomic E-state index is 0.270. The van der Waals surface area contributed by atoms with E-state index in [0.717, 1.165) is 0 Å². The fraction of sp³-hybridized carbons (Fsp3) is 0.333. The van der Waals surface area contributed by atoms with Gasteiger partial charge in [0.1, 0.15) is 7.96 Å². The van der Waals surface area contributed by atoms with Crippen LogP contribution in [-0.4, -0.2) is 13.6 Å². The zero-order chi connectivity index (χ0) is 12.3. The average molecular weight is 420 g/mol. The van der Waals surface area contributed by atoms with E-state index in [-0.39, 0.29) is 12.4 Å². The van der Waals surface area contributed by atoms with Crippen LogP contribution in [0, 0.1) is 15.9 Å². The fourth-order valence-corrected chi connectivity index (χ4v) is 2.47. The maximum absolute atomic E-state index is 12.7. The third-order valence-corrected chi connectivity index (χ3v) is 3.66. The van der Waals surface area contributed by atoms with E-state index >= 15 is 0 Å². The van der Waals surface area contributed by atoms with Gasteiger partial charge in [0.25, 0.3) is 0 Å². The molecule has 0 N–H and O–H groups in total. The predicted octanol–water partition coefficient (Wildman–Crippen LogP) is 4.02. The van der Waals surface area contributed by atoms with Crippen molar-refractivity contribution in [3.63, 3.8) is 0 Å². The molecule has 0 amide bonds. The molecule has 0 aliphatic rings. The minimum Gasteiger partial charge on any atom is -0.265 e. The first kappa shape index (κ1) is 14.1. The number of nitro groups is 1. The summed E-state index contributed by atoms with van der Waals surface area (Å²) in [4.78, 5) is 10.2. The summed E-state index contributed by atoms with van der Waals surface area (Å²) in [6, 6.07) is 5.62. The van der Waals surface area contributed by atoms with Crippen molar-refractivity contribution in [2.75, 3.05) is 6.54 Å². The predicted molar refractivity (Wildman–Crippen MR) is 70.5 cm³/mol. The summed E-state index contributed by atoms with van der Waals surface area (Å²) >= 11 is 9.79. The number of hydrogen-bond acceptors (Lipinski definition) is 2. The molecule has 0 saturated heterocycles. The Labute approximate surface area is 117 Å². The lowest BCUT2D eigenvalue weighted by Crippen LogP contribution is -2.23.